The lowest BCUT2D eigenvalue weighted by molar-refractivity contribution is 0.155. The van der Waals surface area contributed by atoms with Crippen molar-refractivity contribution in [3.05, 3.63) is 76.7 Å². The van der Waals surface area contributed by atoms with Crippen LogP contribution in [0.15, 0.2) is 66.3 Å². The quantitative estimate of drug-likeness (QED) is 0.782. The highest BCUT2D eigenvalue weighted by atomic mass is 32.1. The molecule has 1 saturated heterocycles. The molecule has 122 valence electrons. The average molecular weight is 335 g/mol. The zero-order valence-corrected chi connectivity index (χ0v) is 14.4. The first-order valence-corrected chi connectivity index (χ1v) is 9.25. The Morgan fingerprint density at radius 2 is 2.04 bits per heavy atom. The maximum atomic E-state index is 4.29. The SMILES string of the molecule is c1ccc(-c2csc(CN3CCNCC3c3cccnc3)c2)cc1. The van der Waals surface area contributed by atoms with Crippen LogP contribution in [0.2, 0.25) is 0 Å². The Kier molecular flexibility index (Phi) is 4.69. The van der Waals surface area contributed by atoms with Gasteiger partial charge in [-0.15, -0.1) is 11.3 Å². The molecule has 1 N–H and O–H groups in total. The number of benzene rings is 1. The lowest BCUT2D eigenvalue weighted by Crippen LogP contribution is -2.45. The van der Waals surface area contributed by atoms with Crippen molar-refractivity contribution in [1.82, 2.24) is 15.2 Å². The molecule has 3 nitrogen and oxygen atoms in total. The van der Waals surface area contributed by atoms with Crippen molar-refractivity contribution < 1.29 is 0 Å². The molecule has 0 aliphatic carbocycles. The van der Waals surface area contributed by atoms with E-state index in [4.69, 9.17) is 0 Å². The Morgan fingerprint density at radius 3 is 2.88 bits per heavy atom. The predicted octanol–water partition coefficient (Wildman–Crippen LogP) is 3.96. The molecule has 0 spiro atoms. The number of rotatable bonds is 4. The summed E-state index contributed by atoms with van der Waals surface area (Å²) < 4.78 is 0. The minimum atomic E-state index is 0.398. The number of piperazine rings is 1. The van der Waals surface area contributed by atoms with Crippen LogP contribution in [-0.4, -0.2) is 29.5 Å². The van der Waals surface area contributed by atoms with Gasteiger partial charge in [-0.1, -0.05) is 36.4 Å². The molecule has 4 heteroatoms. The minimum absolute atomic E-state index is 0.398. The van der Waals surface area contributed by atoms with E-state index in [9.17, 15) is 0 Å². The van der Waals surface area contributed by atoms with E-state index in [-0.39, 0.29) is 0 Å². The van der Waals surface area contributed by atoms with E-state index in [0.717, 1.165) is 26.2 Å². The molecule has 3 aromatic rings. The second-order valence-electron chi connectivity index (χ2n) is 6.14. The molecule has 3 heterocycles. The topological polar surface area (TPSA) is 28.2 Å². The second-order valence-corrected chi connectivity index (χ2v) is 7.14. The summed E-state index contributed by atoms with van der Waals surface area (Å²) in [5.74, 6) is 0. The van der Waals surface area contributed by atoms with Crippen LogP contribution < -0.4 is 5.32 Å². The van der Waals surface area contributed by atoms with Crippen molar-refractivity contribution in [1.29, 1.82) is 0 Å². The number of thiophene rings is 1. The third kappa shape index (κ3) is 3.41. The van der Waals surface area contributed by atoms with E-state index in [1.807, 2.05) is 29.8 Å². The van der Waals surface area contributed by atoms with Gasteiger partial charge in [0.05, 0.1) is 0 Å². The highest BCUT2D eigenvalue weighted by Gasteiger charge is 2.24. The first-order valence-electron chi connectivity index (χ1n) is 8.38. The van der Waals surface area contributed by atoms with Crippen LogP contribution in [-0.2, 0) is 6.54 Å². The zero-order valence-electron chi connectivity index (χ0n) is 13.6. The van der Waals surface area contributed by atoms with E-state index in [1.165, 1.54) is 21.6 Å². The van der Waals surface area contributed by atoms with Crippen LogP contribution in [0, 0.1) is 0 Å². The maximum Gasteiger partial charge on any atom is 0.0492 e. The first kappa shape index (κ1) is 15.5. The molecule has 1 aromatic carbocycles. The zero-order chi connectivity index (χ0) is 16.2. The Bertz CT molecular complexity index is 770. The molecular formula is C20H21N3S. The normalized spacial score (nSPS) is 18.6. The Morgan fingerprint density at radius 1 is 1.12 bits per heavy atom. The van der Waals surface area contributed by atoms with Crippen molar-refractivity contribution in [2.75, 3.05) is 19.6 Å². The Labute approximate surface area is 147 Å². The third-order valence-electron chi connectivity index (χ3n) is 4.54. The summed E-state index contributed by atoms with van der Waals surface area (Å²) in [6.45, 7) is 4.10. The van der Waals surface area contributed by atoms with Crippen molar-refractivity contribution in [2.24, 2.45) is 0 Å². The van der Waals surface area contributed by atoms with E-state index in [0.29, 0.717) is 6.04 Å². The number of nitrogens with one attached hydrogen (secondary N) is 1. The monoisotopic (exact) mass is 335 g/mol. The van der Waals surface area contributed by atoms with Crippen molar-refractivity contribution in [2.45, 2.75) is 12.6 Å². The number of pyridine rings is 1. The third-order valence-corrected chi connectivity index (χ3v) is 5.46. The molecule has 1 unspecified atom stereocenters. The Hall–Kier alpha value is -2.01. The summed E-state index contributed by atoms with van der Waals surface area (Å²) >= 11 is 1.86. The largest absolute Gasteiger partial charge is 0.314 e. The van der Waals surface area contributed by atoms with Crippen LogP contribution in [0.5, 0.6) is 0 Å². The van der Waals surface area contributed by atoms with Crippen LogP contribution in [0.3, 0.4) is 0 Å². The van der Waals surface area contributed by atoms with Gasteiger partial charge in [0.25, 0.3) is 0 Å². The first-order chi connectivity index (χ1) is 11.9. The molecule has 0 radical (unpaired) electrons. The highest BCUT2D eigenvalue weighted by Crippen LogP contribution is 2.29. The fraction of sp³-hybridized carbons (Fsp3) is 0.250. The van der Waals surface area contributed by atoms with E-state index >= 15 is 0 Å². The molecule has 2 aromatic heterocycles. The van der Waals surface area contributed by atoms with Gasteiger partial charge in [-0.3, -0.25) is 9.88 Å². The van der Waals surface area contributed by atoms with Crippen LogP contribution >= 0.6 is 11.3 Å². The minimum Gasteiger partial charge on any atom is -0.314 e. The summed E-state index contributed by atoms with van der Waals surface area (Å²) in [5.41, 5.74) is 3.91. The van der Waals surface area contributed by atoms with E-state index < -0.39 is 0 Å². The van der Waals surface area contributed by atoms with Gasteiger partial charge in [0, 0.05) is 49.5 Å². The molecule has 0 bridgehead atoms. The van der Waals surface area contributed by atoms with Gasteiger partial charge in [0.15, 0.2) is 0 Å². The lowest BCUT2D eigenvalue weighted by atomic mass is 10.0. The van der Waals surface area contributed by atoms with E-state index in [2.05, 4.69) is 63.0 Å². The second kappa shape index (κ2) is 7.26. The van der Waals surface area contributed by atoms with Gasteiger partial charge in [0.1, 0.15) is 0 Å². The lowest BCUT2D eigenvalue weighted by Gasteiger charge is -2.36. The van der Waals surface area contributed by atoms with E-state index in [1.54, 1.807) is 0 Å². The number of hydrogen-bond acceptors (Lipinski definition) is 4. The van der Waals surface area contributed by atoms with Gasteiger partial charge in [-0.25, -0.2) is 0 Å². The van der Waals surface area contributed by atoms with Gasteiger partial charge < -0.3 is 5.32 Å². The summed E-state index contributed by atoms with van der Waals surface area (Å²) in [5, 5.41) is 5.78. The highest BCUT2D eigenvalue weighted by molar-refractivity contribution is 7.10. The molecule has 1 fully saturated rings. The molecule has 0 amide bonds. The van der Waals surface area contributed by atoms with Crippen LogP contribution in [0.4, 0.5) is 0 Å². The van der Waals surface area contributed by atoms with Gasteiger partial charge in [0.2, 0.25) is 0 Å². The summed E-state index contributed by atoms with van der Waals surface area (Å²) in [6.07, 6.45) is 3.84. The number of hydrogen-bond donors (Lipinski definition) is 1. The molecule has 1 atom stereocenters. The summed E-state index contributed by atoms with van der Waals surface area (Å²) in [6, 6.07) is 17.6. The van der Waals surface area contributed by atoms with Crippen LogP contribution in [0.25, 0.3) is 11.1 Å². The maximum absolute atomic E-state index is 4.29. The predicted molar refractivity (Wildman–Crippen MR) is 100 cm³/mol. The molecule has 1 aliphatic rings. The molecule has 0 saturated carbocycles. The Balaban J connectivity index is 1.52. The molecule has 24 heavy (non-hydrogen) atoms. The smallest absolute Gasteiger partial charge is 0.0492 e. The van der Waals surface area contributed by atoms with Gasteiger partial charge in [-0.05, 0) is 34.2 Å². The average Bonchev–Trinajstić information content (AvgIpc) is 3.12. The van der Waals surface area contributed by atoms with Gasteiger partial charge in [-0.2, -0.15) is 0 Å². The van der Waals surface area contributed by atoms with Gasteiger partial charge >= 0.3 is 0 Å². The molecule has 1 aliphatic heterocycles. The number of nitrogens with zero attached hydrogens (tertiary/aromatic N) is 2. The van der Waals surface area contributed by atoms with Crippen molar-refractivity contribution in [3.8, 4) is 11.1 Å². The van der Waals surface area contributed by atoms with Crippen molar-refractivity contribution in [3.63, 3.8) is 0 Å². The summed E-state index contributed by atoms with van der Waals surface area (Å²) in [7, 11) is 0. The van der Waals surface area contributed by atoms with Crippen molar-refractivity contribution >= 4 is 11.3 Å². The molecular weight excluding hydrogens is 314 g/mol. The molecule has 4 rings (SSSR count). The fourth-order valence-corrected chi connectivity index (χ4v) is 4.20. The van der Waals surface area contributed by atoms with Crippen LogP contribution in [0.1, 0.15) is 16.5 Å². The number of aromatic nitrogens is 1. The summed E-state index contributed by atoms with van der Waals surface area (Å²) in [4.78, 5) is 8.28. The fourth-order valence-electron chi connectivity index (χ4n) is 3.28. The standard InChI is InChI=1S/C20H21N3S/c1-2-5-16(6-3-1)18-11-19(24-15-18)14-23-10-9-22-13-20(23)17-7-4-8-21-12-17/h1-8,11-12,15,20,22H,9-10,13-14H2.